The molecule has 16 heavy (non-hydrogen) atoms. The highest BCUT2D eigenvalue weighted by atomic mass is 16.2. The van der Waals surface area contributed by atoms with Crippen molar-refractivity contribution in [2.24, 2.45) is 0 Å². The third-order valence-corrected chi connectivity index (χ3v) is 2.36. The van der Waals surface area contributed by atoms with Gasteiger partial charge < -0.3 is 10.2 Å². The Morgan fingerprint density at radius 1 is 1.44 bits per heavy atom. The second kappa shape index (κ2) is 6.08. The van der Waals surface area contributed by atoms with E-state index in [9.17, 15) is 4.79 Å². The van der Waals surface area contributed by atoms with Crippen molar-refractivity contribution >= 4 is 11.6 Å². The van der Waals surface area contributed by atoms with Crippen molar-refractivity contribution in [3.63, 3.8) is 0 Å². The van der Waals surface area contributed by atoms with Gasteiger partial charge in [-0.1, -0.05) is 23.8 Å². The molecular formula is C13H18N2O. The first-order valence-corrected chi connectivity index (χ1v) is 5.30. The summed E-state index contributed by atoms with van der Waals surface area (Å²) in [6.07, 6.45) is 1.74. The molecule has 0 aliphatic heterocycles. The van der Waals surface area contributed by atoms with Gasteiger partial charge in [0.1, 0.15) is 0 Å². The van der Waals surface area contributed by atoms with E-state index >= 15 is 0 Å². The number of nitrogens with one attached hydrogen (secondary N) is 1. The minimum atomic E-state index is 0.0469. The van der Waals surface area contributed by atoms with Gasteiger partial charge in [0.15, 0.2) is 0 Å². The molecule has 0 bridgehead atoms. The van der Waals surface area contributed by atoms with Crippen molar-refractivity contribution in [3.8, 4) is 0 Å². The highest BCUT2D eigenvalue weighted by Crippen LogP contribution is 2.12. The van der Waals surface area contributed by atoms with Crippen LogP contribution >= 0.6 is 0 Å². The van der Waals surface area contributed by atoms with Gasteiger partial charge in [0.2, 0.25) is 5.91 Å². The first-order chi connectivity index (χ1) is 7.65. The molecule has 86 valence electrons. The number of nitrogens with zero attached hydrogens (tertiary/aromatic N) is 1. The second-order valence-corrected chi connectivity index (χ2v) is 3.71. The molecule has 0 spiro atoms. The van der Waals surface area contributed by atoms with Crippen LogP contribution in [0.4, 0.5) is 5.69 Å². The molecule has 0 unspecified atom stereocenters. The van der Waals surface area contributed by atoms with Crippen LogP contribution in [0.15, 0.2) is 36.9 Å². The molecule has 0 heterocycles. The highest BCUT2D eigenvalue weighted by molar-refractivity contribution is 5.94. The van der Waals surface area contributed by atoms with Crippen LogP contribution in [0.3, 0.4) is 0 Å². The lowest BCUT2D eigenvalue weighted by Gasteiger charge is -2.17. The van der Waals surface area contributed by atoms with Gasteiger partial charge in [-0.05, 0) is 19.1 Å². The van der Waals surface area contributed by atoms with Crippen molar-refractivity contribution in [2.45, 2.75) is 6.92 Å². The zero-order chi connectivity index (χ0) is 12.0. The second-order valence-electron chi connectivity index (χ2n) is 3.71. The van der Waals surface area contributed by atoms with Crippen molar-refractivity contribution in [1.29, 1.82) is 0 Å². The summed E-state index contributed by atoms with van der Waals surface area (Å²) in [5.74, 6) is 0.0469. The fraction of sp³-hybridized carbons (Fsp3) is 0.308. The summed E-state index contributed by atoms with van der Waals surface area (Å²) >= 11 is 0. The quantitative estimate of drug-likeness (QED) is 0.603. The molecule has 0 aliphatic carbocycles. The average Bonchev–Trinajstić information content (AvgIpc) is 2.29. The lowest BCUT2D eigenvalue weighted by molar-refractivity contribution is -0.117. The van der Waals surface area contributed by atoms with Crippen LogP contribution in [0.5, 0.6) is 0 Å². The Hall–Kier alpha value is -1.61. The smallest absolute Gasteiger partial charge is 0.240 e. The van der Waals surface area contributed by atoms with E-state index in [2.05, 4.69) is 11.9 Å². The standard InChI is InChI=1S/C13H18N2O/c1-4-9-14-10-13(16)15(3)12-7-5-11(2)6-8-12/h4-8,14H,1,9-10H2,2-3H3. The molecule has 1 aromatic rings. The fourth-order valence-corrected chi connectivity index (χ4v) is 1.31. The molecule has 0 atom stereocenters. The maximum atomic E-state index is 11.7. The summed E-state index contributed by atoms with van der Waals surface area (Å²) in [4.78, 5) is 13.4. The molecule has 0 saturated heterocycles. The van der Waals surface area contributed by atoms with E-state index < -0.39 is 0 Å². The maximum absolute atomic E-state index is 11.7. The number of aryl methyl sites for hydroxylation is 1. The summed E-state index contributed by atoms with van der Waals surface area (Å²) < 4.78 is 0. The van der Waals surface area contributed by atoms with Crippen molar-refractivity contribution in [3.05, 3.63) is 42.5 Å². The largest absolute Gasteiger partial charge is 0.314 e. The predicted molar refractivity (Wildman–Crippen MR) is 67.7 cm³/mol. The van der Waals surface area contributed by atoms with E-state index in [4.69, 9.17) is 0 Å². The monoisotopic (exact) mass is 218 g/mol. The molecule has 1 aromatic carbocycles. The number of carbonyl (C=O) groups excluding carboxylic acids is 1. The normalized spacial score (nSPS) is 9.88. The van der Waals surface area contributed by atoms with Gasteiger partial charge in [-0.15, -0.1) is 6.58 Å². The van der Waals surface area contributed by atoms with Gasteiger partial charge in [-0.25, -0.2) is 0 Å². The minimum Gasteiger partial charge on any atom is -0.314 e. The first-order valence-electron chi connectivity index (χ1n) is 5.30. The summed E-state index contributed by atoms with van der Waals surface area (Å²) in [5.41, 5.74) is 2.10. The zero-order valence-corrected chi connectivity index (χ0v) is 9.86. The van der Waals surface area contributed by atoms with E-state index in [1.807, 2.05) is 31.2 Å². The molecule has 1 amide bonds. The summed E-state index contributed by atoms with van der Waals surface area (Å²) in [7, 11) is 1.78. The molecule has 3 heteroatoms. The molecule has 0 saturated carbocycles. The van der Waals surface area contributed by atoms with E-state index in [1.54, 1.807) is 18.0 Å². The Balaban J connectivity index is 2.56. The summed E-state index contributed by atoms with van der Waals surface area (Å²) in [5, 5.41) is 2.99. The van der Waals surface area contributed by atoms with Gasteiger partial charge in [-0.2, -0.15) is 0 Å². The van der Waals surface area contributed by atoms with Crippen molar-refractivity contribution < 1.29 is 4.79 Å². The number of hydrogen-bond acceptors (Lipinski definition) is 2. The van der Waals surface area contributed by atoms with Gasteiger partial charge in [-0.3, -0.25) is 4.79 Å². The van der Waals surface area contributed by atoms with Crippen molar-refractivity contribution in [1.82, 2.24) is 5.32 Å². The van der Waals surface area contributed by atoms with Crippen molar-refractivity contribution in [2.75, 3.05) is 25.0 Å². The molecule has 0 fully saturated rings. The minimum absolute atomic E-state index is 0.0469. The zero-order valence-electron chi connectivity index (χ0n) is 9.86. The number of anilines is 1. The number of carbonyl (C=O) groups is 1. The van der Waals surface area contributed by atoms with Crippen LogP contribution in [-0.2, 0) is 4.79 Å². The number of rotatable bonds is 5. The van der Waals surface area contributed by atoms with Crippen LogP contribution in [0, 0.1) is 6.92 Å². The number of amides is 1. The fourth-order valence-electron chi connectivity index (χ4n) is 1.31. The van der Waals surface area contributed by atoms with E-state index in [0.717, 1.165) is 5.69 Å². The van der Waals surface area contributed by atoms with Gasteiger partial charge in [0, 0.05) is 19.3 Å². The molecule has 0 aromatic heterocycles. The lowest BCUT2D eigenvalue weighted by atomic mass is 10.2. The Labute approximate surface area is 96.8 Å². The van der Waals surface area contributed by atoms with E-state index in [0.29, 0.717) is 13.1 Å². The highest BCUT2D eigenvalue weighted by Gasteiger charge is 2.09. The number of hydrogen-bond donors (Lipinski definition) is 1. The average molecular weight is 218 g/mol. The van der Waals surface area contributed by atoms with Crippen LogP contribution in [0.25, 0.3) is 0 Å². The third kappa shape index (κ3) is 3.51. The third-order valence-electron chi connectivity index (χ3n) is 2.36. The predicted octanol–water partition coefficient (Wildman–Crippen LogP) is 1.73. The topological polar surface area (TPSA) is 32.3 Å². The molecule has 1 rings (SSSR count). The number of benzene rings is 1. The molecule has 1 N–H and O–H groups in total. The summed E-state index contributed by atoms with van der Waals surface area (Å²) in [6, 6.07) is 7.88. The molecule has 0 aliphatic rings. The Bertz CT molecular complexity index is 357. The maximum Gasteiger partial charge on any atom is 0.240 e. The van der Waals surface area contributed by atoms with Crippen LogP contribution in [0.1, 0.15) is 5.56 Å². The van der Waals surface area contributed by atoms with Gasteiger partial charge >= 0.3 is 0 Å². The lowest BCUT2D eigenvalue weighted by Crippen LogP contribution is -2.35. The SMILES string of the molecule is C=CCNCC(=O)N(C)c1ccc(C)cc1. The summed E-state index contributed by atoms with van der Waals surface area (Å²) in [6.45, 7) is 6.58. The Morgan fingerprint density at radius 3 is 2.62 bits per heavy atom. The Morgan fingerprint density at radius 2 is 2.06 bits per heavy atom. The molecule has 3 nitrogen and oxygen atoms in total. The van der Waals surface area contributed by atoms with Gasteiger partial charge in [0.05, 0.1) is 6.54 Å². The van der Waals surface area contributed by atoms with Gasteiger partial charge in [0.25, 0.3) is 0 Å². The van der Waals surface area contributed by atoms with E-state index in [-0.39, 0.29) is 5.91 Å². The van der Waals surface area contributed by atoms with Crippen LogP contribution < -0.4 is 10.2 Å². The molecular weight excluding hydrogens is 200 g/mol. The molecule has 0 radical (unpaired) electrons. The first kappa shape index (κ1) is 12.5. The van der Waals surface area contributed by atoms with Crippen LogP contribution in [-0.4, -0.2) is 26.0 Å². The Kier molecular flexibility index (Phi) is 4.73. The van der Waals surface area contributed by atoms with E-state index in [1.165, 1.54) is 5.56 Å². The van der Waals surface area contributed by atoms with Crippen LogP contribution in [0.2, 0.25) is 0 Å². The number of likely N-dealkylation sites (N-methyl/N-ethyl adjacent to an activating group) is 1.